The fraction of sp³-hybridized carbons (Fsp3) is 0.0476. The first-order valence-electron chi connectivity index (χ1n) is 22.4. The number of fused-ring (bicyclic) bond motifs is 1. The highest BCUT2D eigenvalue weighted by atomic mass is 14.9. The summed E-state index contributed by atoms with van der Waals surface area (Å²) >= 11 is 0. The largest absolute Gasteiger partial charge is 0.233 e. The molecule has 0 bridgehead atoms. The first kappa shape index (κ1) is 40.8. The van der Waals surface area contributed by atoms with Crippen LogP contribution in [-0.2, 0) is 0 Å². The zero-order valence-corrected chi connectivity index (χ0v) is 36.5. The summed E-state index contributed by atoms with van der Waals surface area (Å²) in [5.41, 5.74) is 18.8. The summed E-state index contributed by atoms with van der Waals surface area (Å²) < 4.78 is 0. The Bertz CT molecular complexity index is 3290. The third-order valence-electron chi connectivity index (χ3n) is 12.3. The summed E-state index contributed by atoms with van der Waals surface area (Å²) in [7, 11) is 0. The minimum Gasteiger partial charge on any atom is -0.233 e. The number of amidine groups is 1. The lowest BCUT2D eigenvalue weighted by Gasteiger charge is -2.24. The average molecular weight is 833 g/mol. The molecular formula is C63H48N2. The van der Waals surface area contributed by atoms with Crippen LogP contribution in [0.1, 0.15) is 30.9 Å². The Morgan fingerprint density at radius 2 is 0.908 bits per heavy atom. The van der Waals surface area contributed by atoms with Gasteiger partial charge in [0.2, 0.25) is 0 Å². The van der Waals surface area contributed by atoms with Crippen molar-refractivity contribution in [3.05, 3.63) is 260 Å². The van der Waals surface area contributed by atoms with Gasteiger partial charge in [-0.15, -0.1) is 0 Å². The van der Waals surface area contributed by atoms with Crippen LogP contribution in [0.25, 0.3) is 83.2 Å². The van der Waals surface area contributed by atoms with Crippen LogP contribution in [0, 0.1) is 0 Å². The van der Waals surface area contributed by atoms with Crippen molar-refractivity contribution < 1.29 is 0 Å². The van der Waals surface area contributed by atoms with Gasteiger partial charge in [-0.1, -0.05) is 231 Å². The molecule has 2 nitrogen and oxygen atoms in total. The Kier molecular flexibility index (Phi) is 11.7. The summed E-state index contributed by atoms with van der Waals surface area (Å²) in [6, 6.07) is 78.3. The van der Waals surface area contributed by atoms with E-state index in [-0.39, 0.29) is 0 Å². The zero-order chi connectivity index (χ0) is 44.0. The smallest absolute Gasteiger partial charge is 0.159 e. The van der Waals surface area contributed by atoms with Crippen LogP contribution >= 0.6 is 0 Å². The molecule has 10 rings (SSSR count). The summed E-state index contributed by atoms with van der Waals surface area (Å²) in [5.74, 6) is 0.672. The molecule has 0 saturated carbocycles. The highest BCUT2D eigenvalue weighted by Gasteiger charge is 2.24. The van der Waals surface area contributed by atoms with Crippen LogP contribution in [0.15, 0.2) is 259 Å². The van der Waals surface area contributed by atoms with E-state index in [2.05, 4.69) is 220 Å². The molecule has 0 aliphatic heterocycles. The van der Waals surface area contributed by atoms with E-state index in [1.165, 1.54) is 55.5 Å². The molecule has 65 heavy (non-hydrogen) atoms. The molecule has 0 unspecified atom stereocenters. The van der Waals surface area contributed by atoms with Gasteiger partial charge in [0.1, 0.15) is 0 Å². The monoisotopic (exact) mass is 832 g/mol. The van der Waals surface area contributed by atoms with Crippen molar-refractivity contribution >= 4 is 28.0 Å². The molecule has 0 aromatic heterocycles. The molecule has 1 aliphatic rings. The highest BCUT2D eigenvalue weighted by Crippen LogP contribution is 2.50. The average Bonchev–Trinajstić information content (AvgIpc) is 3.39. The molecule has 0 amide bonds. The lowest BCUT2D eigenvalue weighted by atomic mass is 9.78. The van der Waals surface area contributed by atoms with E-state index in [1.807, 2.05) is 30.3 Å². The van der Waals surface area contributed by atoms with E-state index < -0.39 is 0 Å². The minimum atomic E-state index is 0.672. The maximum absolute atomic E-state index is 5.26. The van der Waals surface area contributed by atoms with Crippen molar-refractivity contribution in [2.45, 2.75) is 19.8 Å². The lowest BCUT2D eigenvalue weighted by Crippen LogP contribution is -2.06. The van der Waals surface area contributed by atoms with E-state index in [1.54, 1.807) is 0 Å². The van der Waals surface area contributed by atoms with Crippen molar-refractivity contribution in [3.8, 4) is 66.8 Å². The zero-order valence-electron chi connectivity index (χ0n) is 36.5. The molecule has 0 atom stereocenters. The Labute approximate surface area is 382 Å². The first-order valence-corrected chi connectivity index (χ1v) is 22.4. The van der Waals surface area contributed by atoms with Gasteiger partial charge in [0.05, 0.1) is 5.70 Å². The van der Waals surface area contributed by atoms with Crippen LogP contribution in [0.4, 0.5) is 0 Å². The second-order valence-electron chi connectivity index (χ2n) is 16.4. The van der Waals surface area contributed by atoms with Gasteiger partial charge in [0, 0.05) is 16.8 Å². The Balaban J connectivity index is 1.15. The second-order valence-corrected chi connectivity index (χ2v) is 16.4. The molecule has 0 radical (unpaired) electrons. The van der Waals surface area contributed by atoms with E-state index in [0.717, 1.165) is 57.3 Å². The Morgan fingerprint density at radius 1 is 0.415 bits per heavy atom. The minimum absolute atomic E-state index is 0.672. The topological polar surface area (TPSA) is 24.7 Å². The predicted molar refractivity (Wildman–Crippen MR) is 278 cm³/mol. The fourth-order valence-corrected chi connectivity index (χ4v) is 9.15. The molecule has 0 saturated heterocycles. The highest BCUT2D eigenvalue weighted by molar-refractivity contribution is 6.19. The van der Waals surface area contributed by atoms with Gasteiger partial charge in [0.15, 0.2) is 5.84 Å². The maximum Gasteiger partial charge on any atom is 0.159 e. The molecule has 0 fully saturated rings. The standard InChI is InChI=1S/C63H48N2/c1-44(46-24-9-3-10-25-46)64-63(51-34-19-8-20-35-51)65-45(2)54-40-41-55(57-39-22-21-38-56(54)57)52-36-23-37-53(42-52)59-43-58(47-26-11-4-12-27-47)60(48-28-13-5-14-29-48)62(50-32-17-7-18-33-50)61(59)49-30-15-6-16-31-49/h3-7,9-19,21-43H,1,8,20H2,2H3. The number of hydrogen-bond donors (Lipinski definition) is 0. The first-order chi connectivity index (χ1) is 32.1. The quantitative estimate of drug-likeness (QED) is 0.0969. The number of nitrogens with zero attached hydrogens (tertiary/aromatic N) is 2. The number of rotatable bonds is 10. The summed E-state index contributed by atoms with van der Waals surface area (Å²) in [5, 5.41) is 2.30. The molecule has 0 heterocycles. The predicted octanol–water partition coefficient (Wildman–Crippen LogP) is 17.0. The molecule has 0 spiro atoms. The van der Waals surface area contributed by atoms with E-state index in [4.69, 9.17) is 9.98 Å². The van der Waals surface area contributed by atoms with Crippen molar-refractivity contribution in [3.63, 3.8) is 0 Å². The molecule has 0 N–H and O–H groups in total. The third kappa shape index (κ3) is 8.51. The maximum atomic E-state index is 5.26. The number of allylic oxidation sites excluding steroid dienone is 2. The number of aliphatic imine (C=N–C) groups is 2. The van der Waals surface area contributed by atoms with Crippen molar-refractivity contribution in [1.29, 1.82) is 0 Å². The summed E-state index contributed by atoms with van der Waals surface area (Å²) in [6.07, 6.45) is 8.53. The normalized spacial score (nSPS) is 12.8. The van der Waals surface area contributed by atoms with Crippen molar-refractivity contribution in [2.24, 2.45) is 9.98 Å². The van der Waals surface area contributed by atoms with Gasteiger partial charge in [0.25, 0.3) is 0 Å². The third-order valence-corrected chi connectivity index (χ3v) is 12.3. The van der Waals surface area contributed by atoms with Gasteiger partial charge in [-0.2, -0.15) is 0 Å². The van der Waals surface area contributed by atoms with E-state index in [0.29, 0.717) is 11.5 Å². The van der Waals surface area contributed by atoms with E-state index >= 15 is 0 Å². The summed E-state index contributed by atoms with van der Waals surface area (Å²) in [4.78, 5) is 10.3. The number of hydrogen-bond acceptors (Lipinski definition) is 1. The fourth-order valence-electron chi connectivity index (χ4n) is 9.15. The Morgan fingerprint density at radius 3 is 1.49 bits per heavy atom. The van der Waals surface area contributed by atoms with Crippen LogP contribution in [0.5, 0.6) is 0 Å². The van der Waals surface area contributed by atoms with Gasteiger partial charge in [-0.05, 0) is 115 Å². The van der Waals surface area contributed by atoms with Crippen LogP contribution < -0.4 is 0 Å². The molecule has 310 valence electrons. The molecule has 9 aromatic rings. The second kappa shape index (κ2) is 18.6. The van der Waals surface area contributed by atoms with Crippen LogP contribution in [-0.4, -0.2) is 11.5 Å². The summed E-state index contributed by atoms with van der Waals surface area (Å²) in [6.45, 7) is 6.43. The number of benzene rings is 9. The van der Waals surface area contributed by atoms with Crippen LogP contribution in [0.2, 0.25) is 0 Å². The molecular weight excluding hydrogens is 785 g/mol. The Hall–Kier alpha value is -8.20. The van der Waals surface area contributed by atoms with Crippen LogP contribution in [0.3, 0.4) is 0 Å². The van der Waals surface area contributed by atoms with Gasteiger partial charge in [-0.3, -0.25) is 0 Å². The molecule has 1 aliphatic carbocycles. The van der Waals surface area contributed by atoms with Gasteiger partial charge in [-0.25, -0.2) is 9.98 Å². The van der Waals surface area contributed by atoms with Gasteiger partial charge < -0.3 is 0 Å². The van der Waals surface area contributed by atoms with Crippen molar-refractivity contribution in [2.75, 3.05) is 0 Å². The van der Waals surface area contributed by atoms with E-state index in [9.17, 15) is 0 Å². The van der Waals surface area contributed by atoms with Gasteiger partial charge >= 0.3 is 0 Å². The molecule has 9 aromatic carbocycles. The van der Waals surface area contributed by atoms with Crippen molar-refractivity contribution in [1.82, 2.24) is 0 Å². The SMILES string of the molecule is C=C(N=C(N=C(C)c1ccc(-c2cccc(-c3cc(-c4ccccc4)c(-c4ccccc4)c(-c4ccccc4)c3-c3ccccc3)c2)c2ccccc12)C1=CCCC=C1)c1ccccc1. The molecule has 2 heteroatoms. The lowest BCUT2D eigenvalue weighted by molar-refractivity contribution is 1.03.